The Bertz CT molecular complexity index is 758. The quantitative estimate of drug-likeness (QED) is 0.306. The highest BCUT2D eigenvalue weighted by atomic mass is 79.9. The molecule has 0 fully saturated rings. The molecule has 2 rings (SSSR count). The fourth-order valence-electron chi connectivity index (χ4n) is 1.71. The van der Waals surface area contributed by atoms with E-state index in [2.05, 4.69) is 42.3 Å². The first-order chi connectivity index (χ1) is 9.79. The molecule has 108 valence electrons. The lowest BCUT2D eigenvalue weighted by Gasteiger charge is -2.08. The summed E-state index contributed by atoms with van der Waals surface area (Å²) in [4.78, 5) is 45.6. The molecule has 0 bridgehead atoms. The van der Waals surface area contributed by atoms with Gasteiger partial charge in [0.1, 0.15) is 10.0 Å². The molecule has 0 unspecified atom stereocenters. The standard InChI is InChI=1S/C10H3Br2N3O6/c11-2-1-3-4(7(5(2)12)15(20)21)8(16)6(14-19)9(17)10(18)13-3/h1,19H,(H,13,18)/b14-6-. The lowest BCUT2D eigenvalue weighted by Crippen LogP contribution is -2.31. The second kappa shape index (κ2) is 5.33. The minimum atomic E-state index is -1.39. The van der Waals surface area contributed by atoms with Crippen molar-refractivity contribution in [3.05, 3.63) is 30.7 Å². The SMILES string of the molecule is O=C1Nc2cc(Br)c(Br)c([N+](=O)[O-])c2C(=O)/C(=N/O)C1=O. The van der Waals surface area contributed by atoms with E-state index in [0.717, 1.165) is 0 Å². The van der Waals surface area contributed by atoms with Crippen LogP contribution in [0.4, 0.5) is 11.4 Å². The van der Waals surface area contributed by atoms with Crippen LogP contribution in [0.3, 0.4) is 0 Å². The van der Waals surface area contributed by atoms with Crippen LogP contribution in [-0.4, -0.2) is 33.3 Å². The summed E-state index contributed by atoms with van der Waals surface area (Å²) < 4.78 is 0.137. The summed E-state index contributed by atoms with van der Waals surface area (Å²) in [5.74, 6) is -3.85. The van der Waals surface area contributed by atoms with Crippen LogP contribution in [-0.2, 0) is 9.59 Å². The zero-order valence-electron chi connectivity index (χ0n) is 9.72. The number of fused-ring (bicyclic) bond motifs is 1. The van der Waals surface area contributed by atoms with E-state index >= 15 is 0 Å². The number of benzene rings is 1. The summed E-state index contributed by atoms with van der Waals surface area (Å²) in [7, 11) is 0. The van der Waals surface area contributed by atoms with Crippen LogP contribution in [0.2, 0.25) is 0 Å². The molecule has 1 aliphatic rings. The number of nitrogens with zero attached hydrogens (tertiary/aromatic N) is 2. The zero-order valence-corrected chi connectivity index (χ0v) is 12.9. The zero-order chi connectivity index (χ0) is 15.9. The Morgan fingerprint density at radius 2 is 1.86 bits per heavy atom. The summed E-state index contributed by atoms with van der Waals surface area (Å²) in [6.45, 7) is 0. The van der Waals surface area contributed by atoms with E-state index in [0.29, 0.717) is 0 Å². The third-order valence-corrected chi connectivity index (χ3v) is 4.55. The number of rotatable bonds is 1. The molecule has 2 N–H and O–H groups in total. The van der Waals surface area contributed by atoms with Gasteiger partial charge in [-0.25, -0.2) is 0 Å². The Hall–Kier alpha value is -2.14. The summed E-state index contributed by atoms with van der Waals surface area (Å²) >= 11 is 5.97. The van der Waals surface area contributed by atoms with Crippen LogP contribution >= 0.6 is 31.9 Å². The van der Waals surface area contributed by atoms with Crippen LogP contribution in [0.15, 0.2) is 20.2 Å². The molecule has 0 saturated carbocycles. The topological polar surface area (TPSA) is 139 Å². The lowest BCUT2D eigenvalue weighted by atomic mass is 10.0. The number of carbonyl (C=O) groups excluding carboxylic acids is 3. The van der Waals surface area contributed by atoms with Crippen LogP contribution in [0.1, 0.15) is 10.4 Å². The van der Waals surface area contributed by atoms with Gasteiger partial charge in [-0.3, -0.25) is 24.5 Å². The summed E-state index contributed by atoms with van der Waals surface area (Å²) in [5, 5.41) is 24.4. The molecule has 0 aliphatic carbocycles. The first-order valence-corrected chi connectivity index (χ1v) is 6.67. The van der Waals surface area contributed by atoms with E-state index in [-0.39, 0.29) is 14.6 Å². The van der Waals surface area contributed by atoms with Gasteiger partial charge >= 0.3 is 0 Å². The van der Waals surface area contributed by atoms with Crippen molar-refractivity contribution in [2.45, 2.75) is 0 Å². The number of anilines is 1. The molecule has 0 spiro atoms. The van der Waals surface area contributed by atoms with E-state index in [4.69, 9.17) is 5.21 Å². The van der Waals surface area contributed by atoms with Gasteiger partial charge in [0.15, 0.2) is 0 Å². The van der Waals surface area contributed by atoms with Gasteiger partial charge in [0.25, 0.3) is 17.4 Å². The van der Waals surface area contributed by atoms with Gasteiger partial charge < -0.3 is 10.5 Å². The van der Waals surface area contributed by atoms with Crippen molar-refractivity contribution in [1.29, 1.82) is 0 Å². The van der Waals surface area contributed by atoms with Crippen molar-refractivity contribution in [2.75, 3.05) is 5.32 Å². The van der Waals surface area contributed by atoms with Gasteiger partial charge in [-0.05, 0) is 37.9 Å². The van der Waals surface area contributed by atoms with E-state index in [1.165, 1.54) is 6.07 Å². The van der Waals surface area contributed by atoms with Gasteiger partial charge in [-0.2, -0.15) is 0 Å². The second-order valence-corrected chi connectivity index (χ2v) is 5.41. The van der Waals surface area contributed by atoms with E-state index in [1.807, 2.05) is 0 Å². The third kappa shape index (κ3) is 2.34. The monoisotopic (exact) mass is 419 g/mol. The number of nitro benzene ring substituents is 1. The van der Waals surface area contributed by atoms with E-state index in [1.54, 1.807) is 0 Å². The minimum absolute atomic E-state index is 0.0551. The average molecular weight is 421 g/mol. The summed E-state index contributed by atoms with van der Waals surface area (Å²) in [6, 6.07) is 1.22. The fourth-order valence-corrected chi connectivity index (χ4v) is 2.59. The molecular weight excluding hydrogens is 418 g/mol. The van der Waals surface area contributed by atoms with Crippen molar-refractivity contribution in [3.63, 3.8) is 0 Å². The first-order valence-electron chi connectivity index (χ1n) is 5.08. The van der Waals surface area contributed by atoms with Crippen LogP contribution in [0.25, 0.3) is 0 Å². The molecule has 21 heavy (non-hydrogen) atoms. The smallest absolute Gasteiger partial charge is 0.298 e. The van der Waals surface area contributed by atoms with Crippen LogP contribution < -0.4 is 5.32 Å². The van der Waals surface area contributed by atoms with Crippen molar-refractivity contribution in [1.82, 2.24) is 0 Å². The van der Waals surface area contributed by atoms with Gasteiger partial charge in [0.05, 0.1) is 10.6 Å². The van der Waals surface area contributed by atoms with Crippen molar-refractivity contribution in [3.8, 4) is 0 Å². The Morgan fingerprint density at radius 3 is 2.38 bits per heavy atom. The summed E-state index contributed by atoms with van der Waals surface area (Å²) in [5.41, 5.74) is -2.55. The maximum atomic E-state index is 12.2. The fraction of sp³-hybridized carbons (Fsp3) is 0. The molecule has 1 amide bonds. The normalized spacial score (nSPS) is 16.5. The van der Waals surface area contributed by atoms with Gasteiger partial charge in [0, 0.05) is 4.47 Å². The van der Waals surface area contributed by atoms with Gasteiger partial charge in [0.2, 0.25) is 11.5 Å². The molecule has 0 atom stereocenters. The number of nitro groups is 1. The number of hydrogen-bond acceptors (Lipinski definition) is 7. The molecule has 0 radical (unpaired) electrons. The molecule has 0 saturated heterocycles. The largest absolute Gasteiger partial charge is 0.410 e. The Kier molecular flexibility index (Phi) is 3.87. The number of oxime groups is 1. The molecular formula is C10H3Br2N3O6. The Balaban J connectivity index is 2.90. The molecule has 11 heteroatoms. The summed E-state index contributed by atoms with van der Waals surface area (Å²) in [6.07, 6.45) is 0. The minimum Gasteiger partial charge on any atom is -0.410 e. The van der Waals surface area contributed by atoms with E-state index in [9.17, 15) is 24.5 Å². The lowest BCUT2D eigenvalue weighted by molar-refractivity contribution is -0.385. The maximum absolute atomic E-state index is 12.2. The van der Waals surface area contributed by atoms with Gasteiger partial charge in [-0.15, -0.1) is 0 Å². The highest BCUT2D eigenvalue weighted by Crippen LogP contribution is 2.41. The number of carbonyl (C=O) groups is 3. The number of ketones is 2. The molecule has 1 aliphatic heterocycles. The van der Waals surface area contributed by atoms with E-state index < -0.39 is 39.4 Å². The number of Topliss-reactive ketones (excluding diaryl/α,β-unsaturated/α-hetero) is 2. The maximum Gasteiger partial charge on any atom is 0.298 e. The highest BCUT2D eigenvalue weighted by Gasteiger charge is 2.40. The highest BCUT2D eigenvalue weighted by molar-refractivity contribution is 9.13. The predicted molar refractivity (Wildman–Crippen MR) is 75.7 cm³/mol. The molecule has 0 aromatic heterocycles. The molecule has 1 aromatic carbocycles. The van der Waals surface area contributed by atoms with Gasteiger partial charge in [-0.1, -0.05) is 5.16 Å². The number of halogens is 2. The number of hydrogen-bond donors (Lipinski definition) is 2. The Labute approximate surface area is 132 Å². The Morgan fingerprint density at radius 1 is 1.24 bits per heavy atom. The predicted octanol–water partition coefficient (Wildman–Crippen LogP) is 1.65. The second-order valence-electron chi connectivity index (χ2n) is 3.76. The average Bonchev–Trinajstić information content (AvgIpc) is 2.49. The first kappa shape index (κ1) is 15.3. The number of nitrogens with one attached hydrogen (secondary N) is 1. The molecule has 1 heterocycles. The molecule has 9 nitrogen and oxygen atoms in total. The number of amides is 1. The molecule has 1 aromatic rings. The third-order valence-electron chi connectivity index (χ3n) is 2.59. The van der Waals surface area contributed by atoms with Crippen molar-refractivity contribution >= 4 is 66.4 Å². The van der Waals surface area contributed by atoms with Crippen LogP contribution in [0.5, 0.6) is 0 Å². The van der Waals surface area contributed by atoms with Crippen LogP contribution in [0, 0.1) is 10.1 Å². The van der Waals surface area contributed by atoms with Crippen molar-refractivity contribution < 1.29 is 24.5 Å². The van der Waals surface area contributed by atoms with Crippen molar-refractivity contribution in [2.24, 2.45) is 5.16 Å².